The minimum atomic E-state index is -0.542. The number of anilines is 2. The average Bonchev–Trinajstić information content (AvgIpc) is 3.13. The molecule has 1 atom stereocenters. The van der Waals surface area contributed by atoms with Crippen molar-refractivity contribution in [1.29, 1.82) is 5.26 Å². The second kappa shape index (κ2) is 10.2. The molecule has 0 aliphatic carbocycles. The fraction of sp³-hybridized carbons (Fsp3) is 0.148. The van der Waals surface area contributed by atoms with Gasteiger partial charge in [0.25, 0.3) is 5.91 Å². The van der Waals surface area contributed by atoms with Crippen LogP contribution in [-0.2, 0) is 16.0 Å². The quantitative estimate of drug-likeness (QED) is 0.352. The number of para-hydroxylation sites is 2. The number of benzene rings is 3. The molecular formula is C27H22ClN3O2S. The van der Waals surface area contributed by atoms with Gasteiger partial charge in [0.1, 0.15) is 16.7 Å². The molecule has 1 aliphatic rings. The molecule has 1 saturated heterocycles. The van der Waals surface area contributed by atoms with Gasteiger partial charge in [-0.1, -0.05) is 71.9 Å². The maximum Gasteiger partial charge on any atom is 0.269 e. The molecule has 170 valence electrons. The van der Waals surface area contributed by atoms with Crippen LogP contribution in [0.15, 0.2) is 83.4 Å². The van der Waals surface area contributed by atoms with Crippen molar-refractivity contribution in [2.24, 2.45) is 0 Å². The van der Waals surface area contributed by atoms with Gasteiger partial charge in [-0.05, 0) is 61.2 Å². The van der Waals surface area contributed by atoms with Crippen molar-refractivity contribution in [1.82, 2.24) is 0 Å². The Labute approximate surface area is 208 Å². The number of hydrogen-bond acceptors (Lipinski definition) is 4. The van der Waals surface area contributed by atoms with E-state index in [1.165, 1.54) is 16.7 Å². The zero-order valence-corrected chi connectivity index (χ0v) is 20.3. The molecular weight excluding hydrogens is 466 g/mol. The molecule has 0 spiro atoms. The minimum Gasteiger partial charge on any atom is -0.321 e. The summed E-state index contributed by atoms with van der Waals surface area (Å²) in [6.07, 6.45) is 0.425. The Morgan fingerprint density at radius 2 is 1.74 bits per heavy atom. The van der Waals surface area contributed by atoms with E-state index in [-0.39, 0.29) is 11.5 Å². The lowest BCUT2D eigenvalue weighted by Gasteiger charge is -2.19. The highest BCUT2D eigenvalue weighted by atomic mass is 35.5. The second-order valence-electron chi connectivity index (χ2n) is 7.96. The summed E-state index contributed by atoms with van der Waals surface area (Å²) in [5.41, 5.74) is 3.87. The molecule has 34 heavy (non-hydrogen) atoms. The molecule has 0 unspecified atom stereocenters. The number of rotatable bonds is 5. The number of carbonyl (C=O) groups is 2. The first kappa shape index (κ1) is 23.6. The summed E-state index contributed by atoms with van der Waals surface area (Å²) in [6, 6.07) is 24.2. The Morgan fingerprint density at radius 3 is 2.38 bits per heavy atom. The Kier molecular flexibility index (Phi) is 7.06. The van der Waals surface area contributed by atoms with Gasteiger partial charge in [-0.15, -0.1) is 0 Å². The highest BCUT2D eigenvalue weighted by molar-refractivity contribution is 8.05. The first-order valence-electron chi connectivity index (χ1n) is 10.7. The number of thioether (sulfide) groups is 1. The van der Waals surface area contributed by atoms with Crippen molar-refractivity contribution in [3.05, 3.63) is 105 Å². The molecule has 7 heteroatoms. The third kappa shape index (κ3) is 4.86. The second-order valence-corrected chi connectivity index (χ2v) is 9.59. The molecule has 0 radical (unpaired) electrons. The molecule has 1 aliphatic heterocycles. The summed E-state index contributed by atoms with van der Waals surface area (Å²) < 4.78 is 0. The Balaban J connectivity index is 1.74. The van der Waals surface area contributed by atoms with Crippen LogP contribution in [0.3, 0.4) is 0 Å². The van der Waals surface area contributed by atoms with E-state index in [0.717, 1.165) is 16.7 Å². The Morgan fingerprint density at radius 1 is 1.06 bits per heavy atom. The molecule has 3 aromatic rings. The highest BCUT2D eigenvalue weighted by Gasteiger charge is 2.40. The summed E-state index contributed by atoms with van der Waals surface area (Å²) >= 11 is 7.36. The number of nitriles is 1. The van der Waals surface area contributed by atoms with Gasteiger partial charge in [-0.25, -0.2) is 0 Å². The van der Waals surface area contributed by atoms with Crippen molar-refractivity contribution >= 4 is 46.6 Å². The first-order chi connectivity index (χ1) is 16.4. The van der Waals surface area contributed by atoms with Crippen molar-refractivity contribution in [3.8, 4) is 6.07 Å². The predicted molar refractivity (Wildman–Crippen MR) is 138 cm³/mol. The summed E-state index contributed by atoms with van der Waals surface area (Å²) in [5.74, 6) is -0.724. The predicted octanol–water partition coefficient (Wildman–Crippen LogP) is 6.02. The number of hydrogen-bond donors (Lipinski definition) is 1. The monoisotopic (exact) mass is 487 g/mol. The summed E-state index contributed by atoms with van der Waals surface area (Å²) in [5, 5.41) is 13.3. The normalized spacial score (nSPS) is 16.8. The molecule has 3 aromatic carbocycles. The van der Waals surface area contributed by atoms with E-state index >= 15 is 0 Å². The van der Waals surface area contributed by atoms with Gasteiger partial charge in [-0.3, -0.25) is 14.5 Å². The summed E-state index contributed by atoms with van der Waals surface area (Å²) in [6.45, 7) is 3.79. The third-order valence-electron chi connectivity index (χ3n) is 5.55. The number of carbonyl (C=O) groups excluding carboxylic acids is 2. The highest BCUT2D eigenvalue weighted by Crippen LogP contribution is 2.42. The van der Waals surface area contributed by atoms with Crippen LogP contribution in [0.5, 0.6) is 0 Å². The van der Waals surface area contributed by atoms with Crippen molar-refractivity contribution in [2.75, 3.05) is 10.2 Å². The van der Waals surface area contributed by atoms with Crippen molar-refractivity contribution < 1.29 is 9.59 Å². The number of nitrogens with one attached hydrogen (secondary N) is 1. The van der Waals surface area contributed by atoms with Crippen LogP contribution < -0.4 is 10.2 Å². The molecule has 4 rings (SSSR count). The third-order valence-corrected chi connectivity index (χ3v) is 7.05. The lowest BCUT2D eigenvalue weighted by molar-refractivity contribution is -0.117. The number of nitrogens with zero attached hydrogens (tertiary/aromatic N) is 2. The number of aryl methyl sites for hydroxylation is 2. The van der Waals surface area contributed by atoms with Crippen LogP contribution >= 0.6 is 23.4 Å². The van der Waals surface area contributed by atoms with Crippen LogP contribution in [0.4, 0.5) is 11.4 Å². The van der Waals surface area contributed by atoms with Gasteiger partial charge >= 0.3 is 0 Å². The Hall–Kier alpha value is -3.53. The fourth-order valence-corrected chi connectivity index (χ4v) is 5.39. The van der Waals surface area contributed by atoms with Crippen molar-refractivity contribution in [3.63, 3.8) is 0 Å². The van der Waals surface area contributed by atoms with Crippen LogP contribution in [0.2, 0.25) is 5.02 Å². The standard InChI is InChI=1S/C27H22ClN3O2S/c1-17-8-6-9-18(2)24(17)30-25(32)22(16-29)27-31(21-12-4-3-5-13-21)26(33)23(34-27)15-19-10-7-11-20(28)14-19/h3-14,23H,15H2,1-2H3,(H,30,32)/b27-22+/t23-/m1/s1. The maximum absolute atomic E-state index is 13.5. The van der Waals surface area contributed by atoms with E-state index in [0.29, 0.717) is 27.8 Å². The van der Waals surface area contributed by atoms with E-state index < -0.39 is 11.2 Å². The minimum absolute atomic E-state index is 0.0987. The zero-order chi connectivity index (χ0) is 24.2. The molecule has 2 amide bonds. The van der Waals surface area contributed by atoms with Gasteiger partial charge in [0, 0.05) is 16.4 Å². The molecule has 1 N–H and O–H groups in total. The van der Waals surface area contributed by atoms with Gasteiger partial charge in [-0.2, -0.15) is 5.26 Å². The van der Waals surface area contributed by atoms with Crippen LogP contribution in [0, 0.1) is 25.2 Å². The molecule has 1 fully saturated rings. The lowest BCUT2D eigenvalue weighted by atomic mass is 10.1. The maximum atomic E-state index is 13.5. The van der Waals surface area contributed by atoms with Gasteiger partial charge in [0.2, 0.25) is 5.91 Å². The fourth-order valence-electron chi connectivity index (χ4n) is 3.86. The Bertz CT molecular complexity index is 1310. The number of halogens is 1. The van der Waals surface area contributed by atoms with E-state index in [1.807, 2.05) is 74.5 Å². The van der Waals surface area contributed by atoms with Gasteiger partial charge < -0.3 is 5.32 Å². The molecule has 0 aromatic heterocycles. The summed E-state index contributed by atoms with van der Waals surface area (Å²) in [7, 11) is 0. The molecule has 0 bridgehead atoms. The molecule has 0 saturated carbocycles. The topological polar surface area (TPSA) is 73.2 Å². The largest absolute Gasteiger partial charge is 0.321 e. The smallest absolute Gasteiger partial charge is 0.269 e. The van der Waals surface area contributed by atoms with Gasteiger partial charge in [0.15, 0.2) is 0 Å². The van der Waals surface area contributed by atoms with Crippen LogP contribution in [-0.4, -0.2) is 17.1 Å². The van der Waals surface area contributed by atoms with E-state index in [1.54, 1.807) is 18.2 Å². The summed E-state index contributed by atoms with van der Waals surface area (Å²) in [4.78, 5) is 28.3. The van der Waals surface area contributed by atoms with Crippen LogP contribution in [0.25, 0.3) is 0 Å². The zero-order valence-electron chi connectivity index (χ0n) is 18.7. The lowest BCUT2D eigenvalue weighted by Crippen LogP contribution is -2.31. The van der Waals surface area contributed by atoms with Gasteiger partial charge in [0.05, 0.1) is 5.25 Å². The van der Waals surface area contributed by atoms with E-state index in [9.17, 15) is 14.9 Å². The SMILES string of the molecule is Cc1cccc(C)c1NC(=O)/C(C#N)=C1/S[C@H](Cc2cccc(Cl)c2)C(=O)N1c1ccccc1. The number of amides is 2. The van der Waals surface area contributed by atoms with Crippen LogP contribution in [0.1, 0.15) is 16.7 Å². The molecule has 5 nitrogen and oxygen atoms in total. The van der Waals surface area contributed by atoms with Crippen molar-refractivity contribution in [2.45, 2.75) is 25.5 Å². The molecule has 1 heterocycles. The van der Waals surface area contributed by atoms with E-state index in [2.05, 4.69) is 5.32 Å². The average molecular weight is 488 g/mol. The first-order valence-corrected chi connectivity index (χ1v) is 12.0. The van der Waals surface area contributed by atoms with E-state index in [4.69, 9.17) is 11.6 Å².